The Hall–Kier alpha value is -6.98. The molecule has 1 aromatic heterocycles. The molecule has 2 unspecified atom stereocenters. The summed E-state index contributed by atoms with van der Waals surface area (Å²) < 4.78 is 11.3. The van der Waals surface area contributed by atoms with E-state index in [4.69, 9.17) is 36.4 Å². The minimum atomic E-state index is -1.18. The van der Waals surface area contributed by atoms with Crippen LogP contribution in [0.25, 0.3) is 17.2 Å². The van der Waals surface area contributed by atoms with Crippen LogP contribution in [0.3, 0.4) is 0 Å². The number of carbonyl (C=O) groups is 7. The molecule has 2 heterocycles. The second kappa shape index (κ2) is 26.6. The number of imide groups is 1. The number of ether oxygens (including phenoxy) is 2. The number of allylic oxidation sites excluding steroid dienone is 4. The predicted molar refractivity (Wildman–Crippen MR) is 297 cm³/mol. The fourth-order valence-electron chi connectivity index (χ4n) is 11.9. The molecule has 2 atom stereocenters. The number of benzene rings is 2. The zero-order valence-electron chi connectivity index (χ0n) is 45.0. The highest BCUT2D eigenvalue weighted by atomic mass is 35.5. The average Bonchev–Trinajstić information content (AvgIpc) is 3.72. The molecular formula is C63H71ClN4O10. The molecule has 15 heteroatoms. The number of unbranched alkanes of at least 4 members (excludes halogenated alkanes) is 1. The van der Waals surface area contributed by atoms with Crippen molar-refractivity contribution >= 4 is 70.0 Å². The van der Waals surface area contributed by atoms with E-state index in [-0.39, 0.29) is 61.0 Å². The van der Waals surface area contributed by atoms with Crippen molar-refractivity contribution in [2.24, 2.45) is 17.8 Å². The molecule has 0 bridgehead atoms. The van der Waals surface area contributed by atoms with Crippen LogP contribution < -0.4 is 10.1 Å². The number of nitrogens with zero attached hydrogens (tertiary/aromatic N) is 3. The number of halogens is 1. The van der Waals surface area contributed by atoms with Crippen molar-refractivity contribution in [1.29, 1.82) is 5.26 Å². The Kier molecular flexibility index (Phi) is 19.5. The number of amides is 3. The zero-order valence-corrected chi connectivity index (χ0v) is 45.7. The molecule has 4 aliphatic carbocycles. The number of carboxylic acids is 1. The van der Waals surface area contributed by atoms with Gasteiger partial charge < -0.3 is 19.9 Å². The molecule has 0 saturated heterocycles. The fraction of sp³-hybridized carbons (Fsp3) is 0.476. The van der Waals surface area contributed by atoms with Gasteiger partial charge in [-0.05, 0) is 193 Å². The molecule has 1 aliphatic heterocycles. The number of aryl methyl sites for hydroxylation is 1. The first-order chi connectivity index (χ1) is 37.6. The summed E-state index contributed by atoms with van der Waals surface area (Å²) in [5.74, 6) is -1.55. The van der Waals surface area contributed by atoms with E-state index < -0.39 is 41.4 Å². The van der Waals surface area contributed by atoms with Crippen molar-refractivity contribution in [2.45, 2.75) is 161 Å². The van der Waals surface area contributed by atoms with E-state index in [9.17, 15) is 33.6 Å². The molecule has 0 spiro atoms. The van der Waals surface area contributed by atoms with Gasteiger partial charge in [0.25, 0.3) is 17.7 Å². The van der Waals surface area contributed by atoms with E-state index >= 15 is 0 Å². The Balaban J connectivity index is 0.770. The van der Waals surface area contributed by atoms with E-state index in [1.807, 2.05) is 19.9 Å². The summed E-state index contributed by atoms with van der Waals surface area (Å²) in [7, 11) is 0. The number of Topliss-reactive ketones (excluding diaryl/α,β-unsaturated/α-hetero) is 2. The predicted octanol–water partition coefficient (Wildman–Crippen LogP) is 12.3. The Morgan fingerprint density at radius 3 is 2.23 bits per heavy atom. The highest BCUT2D eigenvalue weighted by Crippen LogP contribution is 2.40. The van der Waals surface area contributed by atoms with Gasteiger partial charge in [-0.25, -0.2) is 4.98 Å². The van der Waals surface area contributed by atoms with Gasteiger partial charge in [0.1, 0.15) is 30.2 Å². The lowest BCUT2D eigenvalue weighted by Gasteiger charge is -2.29. The molecule has 3 aromatic rings. The quantitative estimate of drug-likeness (QED) is 0.0356. The van der Waals surface area contributed by atoms with Crippen molar-refractivity contribution in [3.05, 3.63) is 122 Å². The average molecular weight is 1080 g/mol. The van der Waals surface area contributed by atoms with Crippen LogP contribution in [-0.2, 0) is 23.9 Å². The lowest BCUT2D eigenvalue weighted by Crippen LogP contribution is -2.48. The number of ketones is 2. The summed E-state index contributed by atoms with van der Waals surface area (Å²) in [6.45, 7) is 8.30. The smallest absolute Gasteiger partial charge is 0.306 e. The number of rotatable bonds is 20. The molecule has 2 N–H and O–H groups in total. The molecule has 2 aromatic carbocycles. The van der Waals surface area contributed by atoms with Crippen molar-refractivity contribution in [2.75, 3.05) is 13.2 Å². The zero-order chi connectivity index (χ0) is 55.5. The topological polar surface area (TPSA) is 210 Å². The number of hydrogen-bond acceptors (Lipinski definition) is 11. The normalized spacial score (nSPS) is 22.1. The lowest BCUT2D eigenvalue weighted by molar-refractivity contribution is -0.143. The molecule has 3 amide bonds. The van der Waals surface area contributed by atoms with Gasteiger partial charge in [0.05, 0.1) is 33.4 Å². The third kappa shape index (κ3) is 14.4. The number of aromatic nitrogens is 1. The van der Waals surface area contributed by atoms with Crippen molar-refractivity contribution < 1.29 is 48.1 Å². The van der Waals surface area contributed by atoms with Crippen LogP contribution in [0.1, 0.15) is 201 Å². The maximum absolute atomic E-state index is 14.0. The van der Waals surface area contributed by atoms with Crippen LogP contribution >= 0.6 is 11.6 Å². The third-order valence-corrected chi connectivity index (χ3v) is 16.8. The number of carboxylic acid groups (broad SMARTS) is 1. The van der Waals surface area contributed by atoms with Crippen LogP contribution in [0.15, 0.2) is 72.3 Å². The van der Waals surface area contributed by atoms with Gasteiger partial charge in [0.2, 0.25) is 0 Å². The van der Waals surface area contributed by atoms with Gasteiger partial charge in [0.15, 0.2) is 11.6 Å². The molecule has 410 valence electrons. The number of nitrogens with one attached hydrogen (secondary N) is 1. The molecule has 3 fully saturated rings. The highest BCUT2D eigenvalue weighted by molar-refractivity contribution is 6.32. The Labute approximate surface area is 462 Å². The number of aliphatic carboxylic acids is 1. The Morgan fingerprint density at radius 2 is 1.54 bits per heavy atom. The number of esters is 1. The maximum Gasteiger partial charge on any atom is 0.306 e. The van der Waals surface area contributed by atoms with E-state index in [0.717, 1.165) is 116 Å². The summed E-state index contributed by atoms with van der Waals surface area (Å²) in [5.41, 5.74) is 7.96. The molecule has 8 rings (SSSR count). The summed E-state index contributed by atoms with van der Waals surface area (Å²) in [6.07, 6.45) is 21.8. The summed E-state index contributed by atoms with van der Waals surface area (Å²) >= 11 is 6.19. The fourth-order valence-corrected chi connectivity index (χ4v) is 12.2. The van der Waals surface area contributed by atoms with Crippen molar-refractivity contribution in [1.82, 2.24) is 15.2 Å². The molecule has 14 nitrogen and oxygen atoms in total. The first kappa shape index (κ1) is 57.2. The minimum Gasteiger partial charge on any atom is -0.490 e. The van der Waals surface area contributed by atoms with Gasteiger partial charge >= 0.3 is 11.9 Å². The largest absolute Gasteiger partial charge is 0.490 e. The van der Waals surface area contributed by atoms with Gasteiger partial charge in [-0.1, -0.05) is 60.4 Å². The number of carbonyl (C=O) groups excluding carboxylic acids is 6. The van der Waals surface area contributed by atoms with E-state index in [2.05, 4.69) is 36.2 Å². The number of fused-ring (bicyclic) bond motifs is 1. The van der Waals surface area contributed by atoms with Crippen LogP contribution in [0.2, 0.25) is 5.02 Å². The molecule has 5 aliphatic rings. The second-order valence-electron chi connectivity index (χ2n) is 21.9. The summed E-state index contributed by atoms with van der Waals surface area (Å²) in [5, 5.41) is 21.4. The van der Waals surface area contributed by atoms with E-state index in [1.165, 1.54) is 30.1 Å². The number of nitriles is 1. The van der Waals surface area contributed by atoms with Crippen LogP contribution in [0, 0.1) is 36.0 Å². The summed E-state index contributed by atoms with van der Waals surface area (Å²) in [4.78, 5) is 96.4. The SMILES string of the molecule is C=C(C)c1cc2c(cc1C=C1CCC(CCC3CCC=C(c4ccc(C(=O)NCCC5CCC(Oc6ccc(C#N)c(Cl)c6)CC5)nc4C)CC3)CC1)C(=O)N(C1CCC(=O)/C(=C\COC(=O)CCCCC(=O)O)C1=O)C2=O. The van der Waals surface area contributed by atoms with Crippen LogP contribution in [0.4, 0.5) is 0 Å². The van der Waals surface area contributed by atoms with Crippen molar-refractivity contribution in [3.8, 4) is 11.8 Å². The lowest BCUT2D eigenvalue weighted by atomic mass is 9.80. The first-order valence-electron chi connectivity index (χ1n) is 27.9. The molecule has 3 saturated carbocycles. The maximum atomic E-state index is 14.0. The van der Waals surface area contributed by atoms with Crippen LogP contribution in [0.5, 0.6) is 5.75 Å². The summed E-state index contributed by atoms with van der Waals surface area (Å²) in [6, 6.07) is 13.4. The van der Waals surface area contributed by atoms with Gasteiger partial charge in [-0.15, -0.1) is 0 Å². The second-order valence-corrected chi connectivity index (χ2v) is 22.3. The third-order valence-electron chi connectivity index (χ3n) is 16.5. The van der Waals surface area contributed by atoms with Crippen molar-refractivity contribution in [3.63, 3.8) is 0 Å². The molecule has 0 radical (unpaired) electrons. The number of pyridine rings is 1. The minimum absolute atomic E-state index is 0.00487. The molecular weight excluding hydrogens is 1010 g/mol. The Bertz CT molecular complexity index is 2980. The van der Waals surface area contributed by atoms with Gasteiger partial charge in [-0.2, -0.15) is 5.26 Å². The molecule has 78 heavy (non-hydrogen) atoms. The van der Waals surface area contributed by atoms with Gasteiger partial charge in [0, 0.05) is 37.6 Å². The van der Waals surface area contributed by atoms with Gasteiger partial charge in [-0.3, -0.25) is 38.5 Å². The monoisotopic (exact) mass is 1080 g/mol. The Morgan fingerprint density at radius 1 is 0.846 bits per heavy atom. The standard InChI is InChI=1S/C63H71ClN4O10/c1-38(2)51-36-53-52(62(75)68(63(53)76)56-27-28-57(69)50(60(56)73)30-32-77-59(72)10-5-4-9-58(70)71)34-46(51)33-43-15-13-41(14-16-43)12-11-40-7-6-8-44(20-17-40)49-25-26-55(67-39(49)3)61(74)66-31-29-42-18-22-47(23-19-42)78-48-24-21-45(37-65)54(64)35-48/h8,21,24-26,30,33-36,40-42,47,56H,1,4-7,9-20,22-23,27-29,31-32H2,2-3H3,(H,66,74)(H,70,71)/b43-33?,50-30+. The highest BCUT2D eigenvalue weighted by Gasteiger charge is 2.46. The van der Waals surface area contributed by atoms with E-state index in [1.54, 1.807) is 30.3 Å². The van der Waals surface area contributed by atoms with Crippen LogP contribution in [-0.4, -0.2) is 81.5 Å². The first-order valence-corrected chi connectivity index (χ1v) is 28.3. The van der Waals surface area contributed by atoms with E-state index in [0.29, 0.717) is 59.2 Å². The number of hydrogen-bond donors (Lipinski definition) is 2.